The summed E-state index contributed by atoms with van der Waals surface area (Å²) in [5.41, 5.74) is 3.62. The van der Waals surface area contributed by atoms with Gasteiger partial charge in [0.2, 0.25) is 5.91 Å². The molecule has 1 amide bonds. The summed E-state index contributed by atoms with van der Waals surface area (Å²) in [6.07, 6.45) is 5.01. The average molecular weight is 478 g/mol. The predicted octanol–water partition coefficient (Wildman–Crippen LogP) is 5.21. The highest BCUT2D eigenvalue weighted by Gasteiger charge is 2.26. The van der Waals surface area contributed by atoms with Crippen molar-refractivity contribution in [1.82, 2.24) is 15.1 Å². The van der Waals surface area contributed by atoms with E-state index in [2.05, 4.69) is 16.5 Å². The minimum Gasteiger partial charge on any atom is -0.490 e. The van der Waals surface area contributed by atoms with Crippen LogP contribution in [0.1, 0.15) is 60.7 Å². The first-order valence-electron chi connectivity index (χ1n) is 12.5. The molecule has 184 valence electrons. The van der Waals surface area contributed by atoms with Crippen LogP contribution in [0.15, 0.2) is 48.5 Å². The lowest BCUT2D eigenvalue weighted by Gasteiger charge is -2.30. The van der Waals surface area contributed by atoms with Crippen molar-refractivity contribution in [3.8, 4) is 11.5 Å². The zero-order valence-corrected chi connectivity index (χ0v) is 20.3. The molecule has 1 aliphatic carbocycles. The van der Waals surface area contributed by atoms with Crippen LogP contribution in [-0.2, 0) is 17.8 Å². The number of carbonyl (C=O) groups is 1. The number of aryl methyl sites for hydroxylation is 3. The molecular formula is C28H32FN3O3. The molecule has 1 unspecified atom stereocenters. The summed E-state index contributed by atoms with van der Waals surface area (Å²) in [5.74, 6) is 1.42. The number of nitrogens with zero attached hydrogens (tertiary/aromatic N) is 2. The second-order valence-electron chi connectivity index (χ2n) is 9.68. The summed E-state index contributed by atoms with van der Waals surface area (Å²) in [7, 11) is 0. The molecule has 1 fully saturated rings. The van der Waals surface area contributed by atoms with Gasteiger partial charge in [0.1, 0.15) is 30.0 Å². The topological polar surface area (TPSA) is 65.4 Å². The summed E-state index contributed by atoms with van der Waals surface area (Å²) >= 11 is 0. The van der Waals surface area contributed by atoms with Crippen molar-refractivity contribution >= 4 is 5.91 Å². The summed E-state index contributed by atoms with van der Waals surface area (Å²) in [5, 5.41) is 7.52. The van der Waals surface area contributed by atoms with Gasteiger partial charge in [0.25, 0.3) is 0 Å². The van der Waals surface area contributed by atoms with E-state index in [1.165, 1.54) is 6.07 Å². The van der Waals surface area contributed by atoms with Gasteiger partial charge in [-0.15, -0.1) is 0 Å². The van der Waals surface area contributed by atoms with Crippen molar-refractivity contribution in [2.75, 3.05) is 0 Å². The molecule has 3 aromatic rings. The third-order valence-electron chi connectivity index (χ3n) is 6.97. The molecule has 0 radical (unpaired) electrons. The Morgan fingerprint density at radius 2 is 1.91 bits per heavy atom. The molecule has 5 rings (SSSR count). The van der Waals surface area contributed by atoms with Gasteiger partial charge in [0, 0.05) is 17.3 Å². The van der Waals surface area contributed by atoms with E-state index in [4.69, 9.17) is 9.47 Å². The maximum Gasteiger partial charge on any atom is 0.241 e. The Labute approximate surface area is 205 Å². The van der Waals surface area contributed by atoms with Crippen LogP contribution in [0.2, 0.25) is 0 Å². The third kappa shape index (κ3) is 5.50. The Balaban J connectivity index is 1.11. The standard InChI is InChI=1S/C28H32FN3O3/c1-18-15-19(2)32(31-18)17-28(33)30-21-8-10-22(11-9-21)34-23-12-14-26-20(16-23)7-13-27(35-26)24-5-3-4-6-25(24)29/h3-6,12,14-16,21-22,27H,7-11,13,17H2,1-2H3,(H,30,33)/t21-,22-,27?. The number of ether oxygens (including phenoxy) is 2. The molecule has 2 aliphatic rings. The Bertz CT molecular complexity index is 1200. The Hall–Kier alpha value is -3.35. The Morgan fingerprint density at radius 3 is 2.66 bits per heavy atom. The smallest absolute Gasteiger partial charge is 0.241 e. The van der Waals surface area contributed by atoms with E-state index in [9.17, 15) is 9.18 Å². The van der Waals surface area contributed by atoms with Crippen molar-refractivity contribution in [3.63, 3.8) is 0 Å². The van der Waals surface area contributed by atoms with Crippen LogP contribution in [0, 0.1) is 19.7 Å². The molecule has 6 nitrogen and oxygen atoms in total. The quantitative estimate of drug-likeness (QED) is 0.529. The van der Waals surface area contributed by atoms with Crippen LogP contribution in [0.5, 0.6) is 11.5 Å². The van der Waals surface area contributed by atoms with Gasteiger partial charge in [-0.1, -0.05) is 18.2 Å². The van der Waals surface area contributed by atoms with Gasteiger partial charge in [-0.05, 0) is 88.3 Å². The van der Waals surface area contributed by atoms with Crippen molar-refractivity contribution in [3.05, 3.63) is 76.9 Å². The maximum atomic E-state index is 14.2. The van der Waals surface area contributed by atoms with Gasteiger partial charge >= 0.3 is 0 Å². The summed E-state index contributed by atoms with van der Waals surface area (Å²) in [4.78, 5) is 12.4. The molecule has 1 aromatic heterocycles. The number of hydrogen-bond acceptors (Lipinski definition) is 4. The van der Waals surface area contributed by atoms with Crippen LogP contribution in [-0.4, -0.2) is 27.8 Å². The third-order valence-corrected chi connectivity index (χ3v) is 6.97. The molecular weight excluding hydrogens is 445 g/mol. The Morgan fingerprint density at radius 1 is 1.11 bits per heavy atom. The highest BCUT2D eigenvalue weighted by Crippen LogP contribution is 2.38. The van der Waals surface area contributed by atoms with Gasteiger partial charge < -0.3 is 14.8 Å². The highest BCUT2D eigenvalue weighted by molar-refractivity contribution is 5.76. The SMILES string of the molecule is Cc1cc(C)n(CC(=O)N[C@H]2CC[C@H](Oc3ccc4c(c3)CCC(c3ccccc3F)O4)CC2)n1. The van der Waals surface area contributed by atoms with E-state index in [1.807, 2.05) is 38.1 Å². The lowest BCUT2D eigenvalue weighted by Crippen LogP contribution is -2.41. The number of hydrogen-bond donors (Lipinski definition) is 1. The first kappa shape index (κ1) is 23.4. The second kappa shape index (κ2) is 10.1. The van der Waals surface area contributed by atoms with Crippen molar-refractivity contribution in [1.29, 1.82) is 0 Å². The van der Waals surface area contributed by atoms with Gasteiger partial charge in [-0.2, -0.15) is 5.10 Å². The molecule has 1 saturated carbocycles. The lowest BCUT2D eigenvalue weighted by atomic mass is 9.92. The fourth-order valence-electron chi connectivity index (χ4n) is 5.16. The molecule has 1 aliphatic heterocycles. The molecule has 35 heavy (non-hydrogen) atoms. The van der Waals surface area contributed by atoms with Gasteiger partial charge in [-0.25, -0.2) is 4.39 Å². The van der Waals surface area contributed by atoms with Crippen LogP contribution < -0.4 is 14.8 Å². The van der Waals surface area contributed by atoms with Crippen molar-refractivity contribution in [2.45, 2.75) is 77.2 Å². The Kier molecular flexibility index (Phi) is 6.75. The first-order valence-corrected chi connectivity index (χ1v) is 12.5. The average Bonchev–Trinajstić information content (AvgIpc) is 3.16. The molecule has 0 saturated heterocycles. The van der Waals surface area contributed by atoms with Crippen LogP contribution >= 0.6 is 0 Å². The van der Waals surface area contributed by atoms with Gasteiger partial charge in [-0.3, -0.25) is 9.48 Å². The van der Waals surface area contributed by atoms with Gasteiger partial charge in [0.15, 0.2) is 0 Å². The number of rotatable bonds is 6. The second-order valence-corrected chi connectivity index (χ2v) is 9.68. The van der Waals surface area contributed by atoms with Crippen LogP contribution in [0.4, 0.5) is 4.39 Å². The minimum absolute atomic E-state index is 0.00365. The molecule has 0 bridgehead atoms. The molecule has 2 aromatic carbocycles. The molecule has 1 atom stereocenters. The van der Waals surface area contributed by atoms with E-state index in [0.717, 1.165) is 67.0 Å². The normalized spacial score (nSPS) is 21.6. The van der Waals surface area contributed by atoms with Crippen molar-refractivity contribution < 1.29 is 18.7 Å². The van der Waals surface area contributed by atoms with E-state index >= 15 is 0 Å². The number of benzene rings is 2. The van der Waals surface area contributed by atoms with Crippen LogP contribution in [0.3, 0.4) is 0 Å². The molecule has 1 N–H and O–H groups in total. The molecule has 0 spiro atoms. The number of nitrogens with one attached hydrogen (secondary N) is 1. The molecule has 7 heteroatoms. The van der Waals surface area contributed by atoms with E-state index < -0.39 is 0 Å². The summed E-state index contributed by atoms with van der Waals surface area (Å²) < 4.78 is 28.3. The predicted molar refractivity (Wildman–Crippen MR) is 131 cm³/mol. The molecule has 2 heterocycles. The number of fused-ring (bicyclic) bond motifs is 1. The monoisotopic (exact) mass is 477 g/mol. The first-order chi connectivity index (χ1) is 16.9. The number of carbonyl (C=O) groups excluding carboxylic acids is 1. The maximum absolute atomic E-state index is 14.2. The van der Waals surface area contributed by atoms with Gasteiger partial charge in [0.05, 0.1) is 11.8 Å². The lowest BCUT2D eigenvalue weighted by molar-refractivity contribution is -0.122. The minimum atomic E-state index is -0.262. The summed E-state index contributed by atoms with van der Waals surface area (Å²) in [6, 6.07) is 14.9. The zero-order valence-electron chi connectivity index (χ0n) is 20.3. The van der Waals surface area contributed by atoms with Crippen molar-refractivity contribution in [2.24, 2.45) is 0 Å². The zero-order chi connectivity index (χ0) is 24.4. The summed E-state index contributed by atoms with van der Waals surface area (Å²) in [6.45, 7) is 4.15. The number of aromatic nitrogens is 2. The van der Waals surface area contributed by atoms with E-state index in [0.29, 0.717) is 5.56 Å². The van der Waals surface area contributed by atoms with E-state index in [-0.39, 0.29) is 36.5 Å². The fourth-order valence-corrected chi connectivity index (χ4v) is 5.16. The van der Waals surface area contributed by atoms with Crippen LogP contribution in [0.25, 0.3) is 0 Å². The largest absolute Gasteiger partial charge is 0.490 e. The highest BCUT2D eigenvalue weighted by atomic mass is 19.1. The fraction of sp³-hybridized carbons (Fsp3) is 0.429. The number of amides is 1. The van der Waals surface area contributed by atoms with E-state index in [1.54, 1.807) is 16.8 Å². The number of halogens is 1.